The molecule has 1 saturated heterocycles. The number of piperazine rings is 1. The van der Waals surface area contributed by atoms with E-state index in [0.29, 0.717) is 12.5 Å². The van der Waals surface area contributed by atoms with Gasteiger partial charge in [-0.15, -0.1) is 0 Å². The van der Waals surface area contributed by atoms with Crippen LogP contribution in [0.3, 0.4) is 0 Å². The number of nitrogens with one attached hydrogen (secondary N) is 1. The van der Waals surface area contributed by atoms with Gasteiger partial charge < -0.3 is 29.5 Å². The van der Waals surface area contributed by atoms with Gasteiger partial charge in [-0.1, -0.05) is 12.1 Å². The van der Waals surface area contributed by atoms with Crippen LogP contribution in [0.15, 0.2) is 79.4 Å². The summed E-state index contributed by atoms with van der Waals surface area (Å²) in [5.41, 5.74) is 2.95. The number of aromatic nitrogens is 5. The van der Waals surface area contributed by atoms with Crippen molar-refractivity contribution in [2.45, 2.75) is 6.54 Å². The largest absolute Gasteiger partial charge is 0.506 e. The summed E-state index contributed by atoms with van der Waals surface area (Å²) in [6.45, 7) is 3.68. The van der Waals surface area contributed by atoms with Crippen molar-refractivity contribution in [2.24, 2.45) is 0 Å². The summed E-state index contributed by atoms with van der Waals surface area (Å²) in [7, 11) is 1.67. The molecule has 1 aromatic carbocycles. The molecule has 6 rings (SSSR count). The number of hydrogen-bond donors (Lipinski definition) is 2. The monoisotopic (exact) mass is 508 g/mol. The summed E-state index contributed by atoms with van der Waals surface area (Å²) in [4.78, 5) is 22.9. The second kappa shape index (κ2) is 10.3. The molecule has 1 aliphatic rings. The average molecular weight is 509 g/mol. The maximum atomic E-state index is 9.56. The third-order valence-electron chi connectivity index (χ3n) is 6.71. The minimum Gasteiger partial charge on any atom is -0.506 e. The van der Waals surface area contributed by atoms with Gasteiger partial charge in [-0.3, -0.25) is 4.98 Å². The van der Waals surface area contributed by atoms with Gasteiger partial charge in [0.15, 0.2) is 5.65 Å². The van der Waals surface area contributed by atoms with Crippen LogP contribution in [0.4, 0.5) is 17.6 Å². The third kappa shape index (κ3) is 4.75. The molecular weight excluding hydrogens is 480 g/mol. The summed E-state index contributed by atoms with van der Waals surface area (Å²) in [5.74, 6) is 3.32. The summed E-state index contributed by atoms with van der Waals surface area (Å²) < 4.78 is 7.35. The molecule has 0 unspecified atom stereocenters. The average Bonchev–Trinajstić information content (AvgIpc) is 3.41. The number of hydrogen-bond acceptors (Lipinski definition) is 9. The van der Waals surface area contributed by atoms with Gasteiger partial charge in [0.1, 0.15) is 23.1 Å². The van der Waals surface area contributed by atoms with Crippen molar-refractivity contribution in [3.05, 3.63) is 84.9 Å². The van der Waals surface area contributed by atoms with Gasteiger partial charge in [0.05, 0.1) is 24.4 Å². The smallest absolute Gasteiger partial charge is 0.229 e. The van der Waals surface area contributed by atoms with Crippen LogP contribution in [0.2, 0.25) is 0 Å². The Labute approximate surface area is 220 Å². The lowest BCUT2D eigenvalue weighted by molar-refractivity contribution is 0.414. The zero-order valence-corrected chi connectivity index (χ0v) is 21.0. The van der Waals surface area contributed by atoms with E-state index in [9.17, 15) is 5.11 Å². The molecule has 2 N–H and O–H groups in total. The second-order valence-electron chi connectivity index (χ2n) is 9.05. The Morgan fingerprint density at radius 2 is 1.66 bits per heavy atom. The minimum atomic E-state index is 0.168. The maximum Gasteiger partial charge on any atom is 0.229 e. The minimum absolute atomic E-state index is 0.168. The summed E-state index contributed by atoms with van der Waals surface area (Å²) >= 11 is 0. The lowest BCUT2D eigenvalue weighted by atomic mass is 10.2. The standard InChI is InChI=1S/C28H28N8O2/c1-38-23-5-2-20(3-6-23)18-31-26-24-10-13-36(21-8-11-29-12-9-21)27(24)33-28(32-26)35-16-14-34(15-17-35)25-7-4-22(37)19-30-25/h2-13,19,37H,14-18H2,1H3,(H,31,32,33). The van der Waals surface area contributed by atoms with Gasteiger partial charge in [-0.25, -0.2) is 4.98 Å². The summed E-state index contributed by atoms with van der Waals surface area (Å²) in [6, 6.07) is 17.5. The molecule has 1 fully saturated rings. The number of fused-ring (bicyclic) bond motifs is 1. The maximum absolute atomic E-state index is 9.56. The van der Waals surface area contributed by atoms with E-state index >= 15 is 0 Å². The Morgan fingerprint density at radius 3 is 2.37 bits per heavy atom. The SMILES string of the molecule is COc1ccc(CNc2nc(N3CCN(c4ccc(O)cn4)CC3)nc3c2ccn3-c2ccncc2)cc1. The van der Waals surface area contributed by atoms with Crippen LogP contribution in [0.25, 0.3) is 16.7 Å². The van der Waals surface area contributed by atoms with E-state index in [4.69, 9.17) is 14.7 Å². The van der Waals surface area contributed by atoms with Crippen molar-refractivity contribution in [2.75, 3.05) is 48.4 Å². The number of benzene rings is 1. The Bertz CT molecular complexity index is 1510. The van der Waals surface area contributed by atoms with E-state index in [1.165, 1.54) is 6.20 Å². The van der Waals surface area contributed by atoms with E-state index in [1.807, 2.05) is 54.7 Å². The first-order valence-electron chi connectivity index (χ1n) is 12.5. The normalized spacial score (nSPS) is 13.6. The molecule has 5 aromatic rings. The van der Waals surface area contributed by atoms with Gasteiger partial charge in [-0.05, 0) is 48.0 Å². The Morgan fingerprint density at radius 1 is 0.895 bits per heavy atom. The molecule has 4 aromatic heterocycles. The van der Waals surface area contributed by atoms with E-state index in [2.05, 4.69) is 29.7 Å². The highest BCUT2D eigenvalue weighted by Gasteiger charge is 2.22. The Hall–Kier alpha value is -4.86. The highest BCUT2D eigenvalue weighted by molar-refractivity contribution is 5.90. The molecular formula is C28H28N8O2. The van der Waals surface area contributed by atoms with Crippen molar-refractivity contribution in [1.82, 2.24) is 24.5 Å². The summed E-state index contributed by atoms with van der Waals surface area (Å²) in [6.07, 6.45) is 7.06. The fourth-order valence-electron chi connectivity index (χ4n) is 4.62. The fraction of sp³-hybridized carbons (Fsp3) is 0.214. The molecule has 0 spiro atoms. The first-order chi connectivity index (χ1) is 18.7. The number of rotatable bonds is 7. The zero-order chi connectivity index (χ0) is 25.9. The van der Waals surface area contributed by atoms with Gasteiger partial charge in [-0.2, -0.15) is 9.97 Å². The second-order valence-corrected chi connectivity index (χ2v) is 9.05. The Kier molecular flexibility index (Phi) is 6.35. The van der Waals surface area contributed by atoms with Crippen LogP contribution in [-0.2, 0) is 6.54 Å². The zero-order valence-electron chi connectivity index (χ0n) is 21.0. The van der Waals surface area contributed by atoms with Crippen molar-refractivity contribution < 1.29 is 9.84 Å². The summed E-state index contributed by atoms with van der Waals surface area (Å²) in [5, 5.41) is 14.0. The van der Waals surface area contributed by atoms with Crippen LogP contribution in [-0.4, -0.2) is 62.9 Å². The van der Waals surface area contributed by atoms with Gasteiger partial charge in [0, 0.05) is 51.3 Å². The van der Waals surface area contributed by atoms with Crippen LogP contribution in [0.5, 0.6) is 11.5 Å². The highest BCUT2D eigenvalue weighted by atomic mass is 16.5. The molecule has 38 heavy (non-hydrogen) atoms. The van der Waals surface area contributed by atoms with Gasteiger partial charge in [0.2, 0.25) is 5.95 Å². The van der Waals surface area contributed by atoms with E-state index in [0.717, 1.165) is 65.8 Å². The topological polar surface area (TPSA) is 104 Å². The molecule has 10 nitrogen and oxygen atoms in total. The predicted octanol–water partition coefficient (Wildman–Crippen LogP) is 3.86. The van der Waals surface area contributed by atoms with E-state index in [1.54, 1.807) is 25.6 Å². The Balaban J connectivity index is 1.30. The first kappa shape index (κ1) is 23.5. The fourth-order valence-corrected chi connectivity index (χ4v) is 4.62. The third-order valence-corrected chi connectivity index (χ3v) is 6.71. The van der Waals surface area contributed by atoms with Crippen molar-refractivity contribution >= 4 is 28.6 Å². The van der Waals surface area contributed by atoms with Crippen molar-refractivity contribution in [1.29, 1.82) is 0 Å². The van der Waals surface area contributed by atoms with Crippen LogP contribution in [0, 0.1) is 0 Å². The van der Waals surface area contributed by atoms with E-state index in [-0.39, 0.29) is 5.75 Å². The van der Waals surface area contributed by atoms with Gasteiger partial charge in [0.25, 0.3) is 0 Å². The number of methoxy groups -OCH3 is 1. The lowest BCUT2D eigenvalue weighted by Crippen LogP contribution is -2.47. The van der Waals surface area contributed by atoms with Crippen LogP contribution >= 0.6 is 0 Å². The highest BCUT2D eigenvalue weighted by Crippen LogP contribution is 2.28. The molecule has 0 aliphatic carbocycles. The molecule has 10 heteroatoms. The number of pyridine rings is 2. The lowest BCUT2D eigenvalue weighted by Gasteiger charge is -2.35. The molecule has 192 valence electrons. The van der Waals surface area contributed by atoms with Crippen molar-refractivity contribution in [3.8, 4) is 17.2 Å². The van der Waals surface area contributed by atoms with Gasteiger partial charge >= 0.3 is 0 Å². The molecule has 0 amide bonds. The molecule has 0 saturated carbocycles. The molecule has 0 radical (unpaired) electrons. The number of aromatic hydroxyl groups is 1. The molecule has 1 aliphatic heterocycles. The number of ether oxygens (including phenoxy) is 1. The van der Waals surface area contributed by atoms with Crippen LogP contribution in [0.1, 0.15) is 5.56 Å². The molecule has 0 bridgehead atoms. The first-order valence-corrected chi connectivity index (χ1v) is 12.5. The predicted molar refractivity (Wildman–Crippen MR) is 147 cm³/mol. The molecule has 0 atom stereocenters. The number of anilines is 3. The van der Waals surface area contributed by atoms with E-state index < -0.39 is 0 Å². The van der Waals surface area contributed by atoms with Crippen LogP contribution < -0.4 is 19.9 Å². The quantitative estimate of drug-likeness (QED) is 0.339. The van der Waals surface area contributed by atoms with Crippen molar-refractivity contribution in [3.63, 3.8) is 0 Å². The number of nitrogens with zero attached hydrogens (tertiary/aromatic N) is 7. The molecule has 5 heterocycles.